The van der Waals surface area contributed by atoms with E-state index >= 15 is 0 Å². The minimum Gasteiger partial charge on any atom is -0.340 e. The molecule has 0 aromatic carbocycles. The van der Waals surface area contributed by atoms with Gasteiger partial charge in [0.2, 0.25) is 11.8 Å². The lowest BCUT2D eigenvalue weighted by Gasteiger charge is -2.42. The summed E-state index contributed by atoms with van der Waals surface area (Å²) < 4.78 is 0. The Labute approximate surface area is 123 Å². The summed E-state index contributed by atoms with van der Waals surface area (Å²) >= 11 is 3.87. The standard InChI is InChI=1S/C13H22N2O2S2/c1-3-13(4-2)12(17)15(8-11(16)14-13)7-10-9-18-5-6-19-10/h10H,3-9H2,1-2H3,(H,14,16). The first kappa shape index (κ1) is 15.0. The first-order valence-corrected chi connectivity index (χ1v) is 9.11. The van der Waals surface area contributed by atoms with Crippen molar-refractivity contribution in [3.63, 3.8) is 0 Å². The van der Waals surface area contributed by atoms with Crippen molar-refractivity contribution < 1.29 is 9.59 Å². The Bertz CT molecular complexity index is 353. The summed E-state index contributed by atoms with van der Waals surface area (Å²) in [5.74, 6) is 3.52. The van der Waals surface area contributed by atoms with E-state index in [1.165, 1.54) is 5.75 Å². The lowest BCUT2D eigenvalue weighted by atomic mass is 9.89. The summed E-state index contributed by atoms with van der Waals surface area (Å²) in [6.07, 6.45) is 1.33. The topological polar surface area (TPSA) is 49.4 Å². The van der Waals surface area contributed by atoms with Crippen molar-refractivity contribution in [2.24, 2.45) is 0 Å². The van der Waals surface area contributed by atoms with Crippen molar-refractivity contribution in [3.05, 3.63) is 0 Å². The molecule has 0 aromatic heterocycles. The maximum absolute atomic E-state index is 12.6. The molecular formula is C13H22N2O2S2. The maximum Gasteiger partial charge on any atom is 0.248 e. The highest BCUT2D eigenvalue weighted by Gasteiger charge is 2.44. The molecule has 19 heavy (non-hydrogen) atoms. The van der Waals surface area contributed by atoms with Crippen LogP contribution in [0.1, 0.15) is 26.7 Å². The van der Waals surface area contributed by atoms with Gasteiger partial charge in [-0.25, -0.2) is 0 Å². The van der Waals surface area contributed by atoms with Crippen molar-refractivity contribution in [1.82, 2.24) is 10.2 Å². The zero-order chi connectivity index (χ0) is 13.9. The molecular weight excluding hydrogens is 280 g/mol. The van der Waals surface area contributed by atoms with Crippen LogP contribution in [0, 0.1) is 0 Å². The first-order chi connectivity index (χ1) is 9.11. The van der Waals surface area contributed by atoms with Gasteiger partial charge in [0.25, 0.3) is 0 Å². The maximum atomic E-state index is 12.6. The average Bonchev–Trinajstić information content (AvgIpc) is 2.44. The minimum atomic E-state index is -0.665. The normalized spacial score (nSPS) is 27.3. The van der Waals surface area contributed by atoms with E-state index in [4.69, 9.17) is 0 Å². The predicted molar refractivity (Wildman–Crippen MR) is 81.6 cm³/mol. The van der Waals surface area contributed by atoms with E-state index < -0.39 is 5.54 Å². The van der Waals surface area contributed by atoms with Gasteiger partial charge < -0.3 is 10.2 Å². The van der Waals surface area contributed by atoms with E-state index in [9.17, 15) is 9.59 Å². The van der Waals surface area contributed by atoms with Gasteiger partial charge in [-0.3, -0.25) is 9.59 Å². The molecule has 2 fully saturated rings. The van der Waals surface area contributed by atoms with Gasteiger partial charge in [0.15, 0.2) is 0 Å². The summed E-state index contributed by atoms with van der Waals surface area (Å²) in [5.41, 5.74) is -0.665. The van der Waals surface area contributed by atoms with Crippen LogP contribution in [0.15, 0.2) is 0 Å². The Morgan fingerprint density at radius 3 is 2.63 bits per heavy atom. The molecule has 2 rings (SSSR count). The van der Waals surface area contributed by atoms with Crippen molar-refractivity contribution in [2.75, 3.05) is 30.3 Å². The molecule has 2 amide bonds. The van der Waals surface area contributed by atoms with Gasteiger partial charge in [-0.1, -0.05) is 13.8 Å². The monoisotopic (exact) mass is 302 g/mol. The van der Waals surface area contributed by atoms with Crippen molar-refractivity contribution in [1.29, 1.82) is 0 Å². The van der Waals surface area contributed by atoms with E-state index in [0.29, 0.717) is 24.6 Å². The molecule has 0 radical (unpaired) electrons. The molecule has 4 nitrogen and oxygen atoms in total. The molecule has 1 atom stereocenters. The summed E-state index contributed by atoms with van der Waals surface area (Å²) in [6, 6.07) is 0. The highest BCUT2D eigenvalue weighted by atomic mass is 32.2. The quantitative estimate of drug-likeness (QED) is 0.852. The van der Waals surface area contributed by atoms with E-state index in [2.05, 4.69) is 5.32 Å². The van der Waals surface area contributed by atoms with Crippen LogP contribution in [-0.2, 0) is 9.59 Å². The average molecular weight is 302 g/mol. The van der Waals surface area contributed by atoms with Crippen LogP contribution in [0.25, 0.3) is 0 Å². The van der Waals surface area contributed by atoms with E-state index in [0.717, 1.165) is 11.5 Å². The van der Waals surface area contributed by atoms with Gasteiger partial charge >= 0.3 is 0 Å². The molecule has 108 valence electrons. The van der Waals surface area contributed by atoms with Gasteiger partial charge in [-0.2, -0.15) is 23.5 Å². The van der Waals surface area contributed by atoms with Crippen molar-refractivity contribution in [3.8, 4) is 0 Å². The number of amides is 2. The van der Waals surface area contributed by atoms with Crippen molar-refractivity contribution in [2.45, 2.75) is 37.5 Å². The Kier molecular flexibility index (Phi) is 5.06. The minimum absolute atomic E-state index is 0.0169. The molecule has 2 heterocycles. The number of piperazine rings is 1. The molecule has 0 aromatic rings. The SMILES string of the molecule is CCC1(CC)NC(=O)CN(CC2CSCCS2)C1=O. The third kappa shape index (κ3) is 3.21. The molecule has 0 saturated carbocycles. The Balaban J connectivity index is 2.06. The molecule has 2 aliphatic rings. The molecule has 0 bridgehead atoms. The van der Waals surface area contributed by atoms with Gasteiger partial charge in [0.05, 0.1) is 6.54 Å². The lowest BCUT2D eigenvalue weighted by molar-refractivity contribution is -0.150. The fourth-order valence-corrected chi connectivity index (χ4v) is 5.36. The predicted octanol–water partition coefficient (Wildman–Crippen LogP) is 1.35. The number of rotatable bonds is 4. The second-order valence-electron chi connectivity index (χ2n) is 5.09. The zero-order valence-electron chi connectivity index (χ0n) is 11.6. The summed E-state index contributed by atoms with van der Waals surface area (Å²) in [6.45, 7) is 4.88. The third-order valence-electron chi connectivity index (χ3n) is 3.93. The Morgan fingerprint density at radius 2 is 2.05 bits per heavy atom. The smallest absolute Gasteiger partial charge is 0.248 e. The molecule has 2 saturated heterocycles. The Hall–Kier alpha value is -0.360. The zero-order valence-corrected chi connectivity index (χ0v) is 13.2. The van der Waals surface area contributed by atoms with E-state index in [1.54, 1.807) is 4.90 Å². The number of thioether (sulfide) groups is 2. The lowest BCUT2D eigenvalue weighted by Crippen LogP contribution is -2.66. The van der Waals surface area contributed by atoms with Crippen LogP contribution in [0.3, 0.4) is 0 Å². The second kappa shape index (κ2) is 6.39. The summed E-state index contributed by atoms with van der Waals surface area (Å²) in [7, 11) is 0. The number of nitrogens with one attached hydrogen (secondary N) is 1. The Morgan fingerprint density at radius 1 is 1.32 bits per heavy atom. The van der Waals surface area contributed by atoms with Gasteiger partial charge in [0.1, 0.15) is 5.54 Å². The van der Waals surface area contributed by atoms with Gasteiger partial charge in [-0.15, -0.1) is 0 Å². The number of carbonyl (C=O) groups excluding carboxylic acids is 2. The first-order valence-electron chi connectivity index (χ1n) is 6.91. The number of nitrogens with zero attached hydrogens (tertiary/aromatic N) is 1. The number of hydrogen-bond donors (Lipinski definition) is 1. The summed E-state index contributed by atoms with van der Waals surface area (Å²) in [5, 5.41) is 3.38. The molecule has 2 aliphatic heterocycles. The van der Waals surface area contributed by atoms with Gasteiger partial charge in [-0.05, 0) is 12.8 Å². The van der Waals surface area contributed by atoms with Crippen LogP contribution >= 0.6 is 23.5 Å². The fourth-order valence-electron chi connectivity index (χ4n) is 2.67. The molecule has 1 unspecified atom stereocenters. The van der Waals surface area contributed by atoms with Crippen LogP contribution in [0.5, 0.6) is 0 Å². The van der Waals surface area contributed by atoms with Gasteiger partial charge in [0, 0.05) is 29.1 Å². The largest absolute Gasteiger partial charge is 0.340 e. The highest BCUT2D eigenvalue weighted by Crippen LogP contribution is 2.27. The molecule has 1 N–H and O–H groups in total. The van der Waals surface area contributed by atoms with Crippen LogP contribution in [-0.4, -0.2) is 57.9 Å². The van der Waals surface area contributed by atoms with E-state index in [-0.39, 0.29) is 18.4 Å². The summed E-state index contributed by atoms with van der Waals surface area (Å²) in [4.78, 5) is 26.3. The third-order valence-corrected chi connectivity index (χ3v) is 6.75. The van der Waals surface area contributed by atoms with Crippen LogP contribution < -0.4 is 5.32 Å². The van der Waals surface area contributed by atoms with Crippen molar-refractivity contribution >= 4 is 35.3 Å². The molecule has 0 spiro atoms. The number of carbonyl (C=O) groups is 2. The fraction of sp³-hybridized carbons (Fsp3) is 0.846. The van der Waals surface area contributed by atoms with Crippen LogP contribution in [0.2, 0.25) is 0 Å². The second-order valence-corrected chi connectivity index (χ2v) is 7.65. The highest BCUT2D eigenvalue weighted by molar-refractivity contribution is 8.06. The van der Waals surface area contributed by atoms with Crippen LogP contribution in [0.4, 0.5) is 0 Å². The molecule has 6 heteroatoms. The molecule has 0 aliphatic carbocycles. The number of hydrogen-bond acceptors (Lipinski definition) is 4. The van der Waals surface area contributed by atoms with E-state index in [1.807, 2.05) is 37.4 Å².